The van der Waals surface area contributed by atoms with Gasteiger partial charge in [-0.15, -0.1) is 0 Å². The Morgan fingerprint density at radius 2 is 1.45 bits per heavy atom. The van der Waals surface area contributed by atoms with Gasteiger partial charge in [-0.3, -0.25) is 14.4 Å². The van der Waals surface area contributed by atoms with Gasteiger partial charge in [-0.2, -0.15) is 0 Å². The summed E-state index contributed by atoms with van der Waals surface area (Å²) in [5.74, 6) is 0.629. The SMILES string of the molecule is Cc1ccc(CC2CCC(C(=O)c3cc4c(cc3C)C(C)C=C4C(=O)C(=O)C3C(C)CCC3C)CC2)cc1. The maximum atomic E-state index is 13.7. The minimum absolute atomic E-state index is 0.0322. The van der Waals surface area contributed by atoms with E-state index < -0.39 is 0 Å². The van der Waals surface area contributed by atoms with Gasteiger partial charge in [0.1, 0.15) is 0 Å². The summed E-state index contributed by atoms with van der Waals surface area (Å²) in [6, 6.07) is 12.8. The van der Waals surface area contributed by atoms with Crippen LogP contribution < -0.4 is 0 Å². The predicted octanol–water partition coefficient (Wildman–Crippen LogP) is 7.86. The van der Waals surface area contributed by atoms with Crippen LogP contribution in [0, 0.1) is 43.4 Å². The van der Waals surface area contributed by atoms with E-state index in [9.17, 15) is 14.4 Å². The van der Waals surface area contributed by atoms with E-state index in [4.69, 9.17) is 0 Å². The van der Waals surface area contributed by atoms with Crippen LogP contribution in [0.3, 0.4) is 0 Å². The van der Waals surface area contributed by atoms with Crippen molar-refractivity contribution in [3.63, 3.8) is 0 Å². The molecule has 2 fully saturated rings. The van der Waals surface area contributed by atoms with Crippen molar-refractivity contribution in [1.29, 1.82) is 0 Å². The number of carbonyl (C=O) groups is 3. The van der Waals surface area contributed by atoms with E-state index >= 15 is 0 Å². The molecule has 3 aliphatic carbocycles. The second-order valence-corrected chi connectivity index (χ2v) is 12.6. The molecule has 0 bridgehead atoms. The van der Waals surface area contributed by atoms with Crippen LogP contribution in [0.25, 0.3) is 5.57 Å². The van der Waals surface area contributed by atoms with Crippen molar-refractivity contribution in [2.45, 2.75) is 85.5 Å². The van der Waals surface area contributed by atoms with Crippen LogP contribution in [0.15, 0.2) is 42.5 Å². The summed E-state index contributed by atoms with van der Waals surface area (Å²) in [6.07, 6.45) is 9.00. The topological polar surface area (TPSA) is 51.2 Å². The zero-order chi connectivity index (χ0) is 27.1. The predicted molar refractivity (Wildman–Crippen MR) is 153 cm³/mol. The standard InChI is InChI=1S/C35H42O3/c1-20-6-10-25(11-7-20)18-26-12-14-27(15-13-26)33(36)29-19-30-28(16-24(29)5)23(4)17-31(30)34(37)35(38)32-21(2)8-9-22(32)3/h6-7,10-11,16-17,19,21-23,26-27,32H,8-9,12-15,18H2,1-5H3. The fourth-order valence-corrected chi connectivity index (χ4v) is 7.39. The van der Waals surface area contributed by atoms with Gasteiger partial charge in [0, 0.05) is 28.9 Å². The van der Waals surface area contributed by atoms with E-state index in [1.165, 1.54) is 11.1 Å². The molecule has 3 unspecified atom stereocenters. The van der Waals surface area contributed by atoms with Crippen molar-refractivity contribution in [3.8, 4) is 0 Å². The Morgan fingerprint density at radius 1 is 0.816 bits per heavy atom. The molecule has 3 nitrogen and oxygen atoms in total. The molecule has 0 radical (unpaired) electrons. The Hall–Kier alpha value is -2.81. The maximum Gasteiger partial charge on any atom is 0.229 e. The normalized spacial score (nSPS) is 28.6. The van der Waals surface area contributed by atoms with E-state index in [0.29, 0.717) is 11.5 Å². The van der Waals surface area contributed by atoms with E-state index in [0.717, 1.165) is 67.2 Å². The molecular weight excluding hydrogens is 468 g/mol. The summed E-state index contributed by atoms with van der Waals surface area (Å²) >= 11 is 0. The van der Waals surface area contributed by atoms with Gasteiger partial charge in [0.2, 0.25) is 11.6 Å². The van der Waals surface area contributed by atoms with Gasteiger partial charge in [-0.25, -0.2) is 0 Å². The van der Waals surface area contributed by atoms with E-state index in [1.54, 1.807) is 0 Å². The smallest absolute Gasteiger partial charge is 0.229 e. The van der Waals surface area contributed by atoms with Crippen molar-refractivity contribution in [3.05, 3.63) is 75.9 Å². The van der Waals surface area contributed by atoms with Crippen LogP contribution in [0.4, 0.5) is 0 Å². The zero-order valence-corrected chi connectivity index (χ0v) is 23.7. The highest BCUT2D eigenvalue weighted by molar-refractivity contribution is 6.55. The van der Waals surface area contributed by atoms with Crippen molar-refractivity contribution in [1.82, 2.24) is 0 Å². The van der Waals surface area contributed by atoms with Gasteiger partial charge in [0.25, 0.3) is 0 Å². The van der Waals surface area contributed by atoms with E-state index in [1.807, 2.05) is 19.1 Å². The molecule has 3 heteroatoms. The minimum atomic E-state index is -0.361. The molecule has 38 heavy (non-hydrogen) atoms. The minimum Gasteiger partial charge on any atom is -0.294 e. The monoisotopic (exact) mass is 510 g/mol. The second-order valence-electron chi connectivity index (χ2n) is 12.6. The zero-order valence-electron chi connectivity index (χ0n) is 23.7. The van der Waals surface area contributed by atoms with Gasteiger partial charge >= 0.3 is 0 Å². The highest BCUT2D eigenvalue weighted by Gasteiger charge is 2.41. The third-order valence-electron chi connectivity index (χ3n) is 9.80. The van der Waals surface area contributed by atoms with Gasteiger partial charge < -0.3 is 0 Å². The number of hydrogen-bond donors (Lipinski definition) is 0. The van der Waals surface area contributed by atoms with E-state index in [2.05, 4.69) is 58.0 Å². The molecule has 2 aromatic rings. The molecule has 3 aliphatic rings. The lowest BCUT2D eigenvalue weighted by Gasteiger charge is -2.28. The highest BCUT2D eigenvalue weighted by atomic mass is 16.2. The molecule has 0 aliphatic heterocycles. The van der Waals surface area contributed by atoms with Crippen molar-refractivity contribution >= 4 is 22.9 Å². The average Bonchev–Trinajstić information content (AvgIpc) is 3.41. The van der Waals surface area contributed by atoms with Crippen LogP contribution in [-0.2, 0) is 16.0 Å². The lowest BCUT2D eigenvalue weighted by molar-refractivity contribution is -0.137. The summed E-state index contributed by atoms with van der Waals surface area (Å²) < 4.78 is 0. The summed E-state index contributed by atoms with van der Waals surface area (Å²) in [7, 11) is 0. The number of benzene rings is 2. The fraction of sp³-hybridized carbons (Fsp3) is 0.514. The summed E-state index contributed by atoms with van der Waals surface area (Å²) in [5, 5.41) is 0. The first kappa shape index (κ1) is 26.8. The first-order chi connectivity index (χ1) is 18.1. The Balaban J connectivity index is 1.31. The number of allylic oxidation sites excluding steroid dienone is 2. The Kier molecular flexibility index (Phi) is 7.58. The number of rotatable bonds is 7. The van der Waals surface area contributed by atoms with Crippen LogP contribution in [0.2, 0.25) is 0 Å². The molecule has 200 valence electrons. The van der Waals surface area contributed by atoms with Crippen molar-refractivity contribution in [2.75, 3.05) is 0 Å². The van der Waals surface area contributed by atoms with Gasteiger partial charge in [0.15, 0.2) is 5.78 Å². The molecule has 2 aromatic carbocycles. The number of carbonyl (C=O) groups excluding carboxylic acids is 3. The molecule has 0 heterocycles. The van der Waals surface area contributed by atoms with Crippen LogP contribution in [0.5, 0.6) is 0 Å². The number of ketones is 3. The van der Waals surface area contributed by atoms with Crippen LogP contribution >= 0.6 is 0 Å². The Bertz CT molecular complexity index is 1260. The largest absolute Gasteiger partial charge is 0.294 e. The molecule has 2 saturated carbocycles. The van der Waals surface area contributed by atoms with Gasteiger partial charge in [-0.1, -0.05) is 62.7 Å². The number of aryl methyl sites for hydroxylation is 2. The molecule has 0 spiro atoms. The van der Waals surface area contributed by atoms with Crippen molar-refractivity contribution < 1.29 is 14.4 Å². The number of fused-ring (bicyclic) bond motifs is 1. The second kappa shape index (κ2) is 10.8. The Morgan fingerprint density at radius 3 is 2.08 bits per heavy atom. The summed E-state index contributed by atoms with van der Waals surface area (Å²) in [4.78, 5) is 40.6. The lowest BCUT2D eigenvalue weighted by Crippen LogP contribution is -2.29. The number of hydrogen-bond acceptors (Lipinski definition) is 3. The van der Waals surface area contributed by atoms with Crippen LogP contribution in [-0.4, -0.2) is 17.3 Å². The molecular formula is C35H42O3. The summed E-state index contributed by atoms with van der Waals surface area (Å²) in [5.41, 5.74) is 6.76. The quantitative estimate of drug-likeness (QED) is 0.281. The fourth-order valence-electron chi connectivity index (χ4n) is 7.39. The molecule has 0 N–H and O–H groups in total. The first-order valence-corrected chi connectivity index (χ1v) is 14.7. The summed E-state index contributed by atoms with van der Waals surface area (Å²) in [6.45, 7) is 10.4. The van der Waals surface area contributed by atoms with Gasteiger partial charge in [-0.05, 0) is 105 Å². The molecule has 0 aromatic heterocycles. The van der Waals surface area contributed by atoms with Crippen molar-refractivity contribution in [2.24, 2.45) is 29.6 Å². The molecule has 5 rings (SSSR count). The Labute approximate surface area is 228 Å². The molecule has 0 amide bonds. The maximum absolute atomic E-state index is 13.7. The average molecular weight is 511 g/mol. The molecule has 0 saturated heterocycles. The van der Waals surface area contributed by atoms with E-state index in [-0.39, 0.29) is 46.9 Å². The third-order valence-corrected chi connectivity index (χ3v) is 9.80. The third kappa shape index (κ3) is 5.09. The number of Topliss-reactive ketones (excluding diaryl/α,β-unsaturated/α-hetero) is 3. The highest BCUT2D eigenvalue weighted by Crippen LogP contribution is 2.42. The first-order valence-electron chi connectivity index (χ1n) is 14.7. The van der Waals surface area contributed by atoms with Gasteiger partial charge in [0.05, 0.1) is 0 Å². The molecule has 3 atom stereocenters. The van der Waals surface area contributed by atoms with Crippen LogP contribution in [0.1, 0.15) is 103 Å². The lowest BCUT2D eigenvalue weighted by atomic mass is 9.75.